The third-order valence-electron chi connectivity index (χ3n) is 6.83. The average molecular weight is 467 g/mol. The van der Waals surface area contributed by atoms with Crippen molar-refractivity contribution in [2.45, 2.75) is 58.5 Å². The van der Waals surface area contributed by atoms with Crippen LogP contribution in [0.15, 0.2) is 48.5 Å². The molecule has 0 aliphatic heterocycles. The van der Waals surface area contributed by atoms with E-state index < -0.39 is 35.5 Å². The van der Waals surface area contributed by atoms with Gasteiger partial charge in [0.2, 0.25) is 5.91 Å². The molecule has 0 saturated carbocycles. The topological polar surface area (TPSA) is 105 Å². The number of carboxylic acid groups (broad SMARTS) is 1. The summed E-state index contributed by atoms with van der Waals surface area (Å²) in [6, 6.07) is 15.7. The second-order valence-electron chi connectivity index (χ2n) is 9.51. The number of benzene rings is 2. The number of rotatable bonds is 9. The van der Waals surface area contributed by atoms with Crippen LogP contribution in [0.2, 0.25) is 0 Å². The van der Waals surface area contributed by atoms with Crippen molar-refractivity contribution in [2.75, 3.05) is 6.61 Å². The number of carboxylic acids is 1. The van der Waals surface area contributed by atoms with Crippen molar-refractivity contribution >= 4 is 18.0 Å². The van der Waals surface area contributed by atoms with Crippen molar-refractivity contribution in [3.63, 3.8) is 0 Å². The van der Waals surface area contributed by atoms with Gasteiger partial charge in [0.25, 0.3) is 0 Å². The maximum absolute atomic E-state index is 13.0. The monoisotopic (exact) mass is 466 g/mol. The fourth-order valence-electron chi connectivity index (χ4n) is 4.67. The minimum Gasteiger partial charge on any atom is -0.480 e. The highest BCUT2D eigenvalue weighted by molar-refractivity contribution is 5.88. The summed E-state index contributed by atoms with van der Waals surface area (Å²) in [5.74, 6) is -2.31. The Kier molecular flexibility index (Phi) is 7.64. The van der Waals surface area contributed by atoms with E-state index in [1.165, 1.54) is 6.92 Å². The van der Waals surface area contributed by atoms with E-state index in [9.17, 15) is 19.5 Å². The summed E-state index contributed by atoms with van der Waals surface area (Å²) in [5, 5.41) is 14.9. The van der Waals surface area contributed by atoms with Gasteiger partial charge in [-0.3, -0.25) is 4.79 Å². The molecule has 2 aromatic rings. The molecule has 3 unspecified atom stereocenters. The van der Waals surface area contributed by atoms with Crippen LogP contribution in [0.5, 0.6) is 0 Å². The van der Waals surface area contributed by atoms with Crippen LogP contribution >= 0.6 is 0 Å². The average Bonchev–Trinajstić information content (AvgIpc) is 3.11. The van der Waals surface area contributed by atoms with Gasteiger partial charge in [-0.1, -0.05) is 69.3 Å². The summed E-state index contributed by atoms with van der Waals surface area (Å²) in [4.78, 5) is 37.2. The molecular weight excluding hydrogens is 432 g/mol. The summed E-state index contributed by atoms with van der Waals surface area (Å²) in [7, 11) is 0. The fraction of sp³-hybridized carbons (Fsp3) is 0.444. The molecule has 0 fully saturated rings. The Morgan fingerprint density at radius 2 is 1.53 bits per heavy atom. The van der Waals surface area contributed by atoms with Crippen molar-refractivity contribution in [2.24, 2.45) is 11.8 Å². The molecule has 7 nitrogen and oxygen atoms in total. The number of fused-ring (bicyclic) bond motifs is 3. The third-order valence-corrected chi connectivity index (χ3v) is 6.83. The van der Waals surface area contributed by atoms with Gasteiger partial charge < -0.3 is 20.5 Å². The van der Waals surface area contributed by atoms with Gasteiger partial charge in [-0.25, -0.2) is 9.59 Å². The number of carbonyl (C=O) groups excluding carboxylic acids is 2. The highest BCUT2D eigenvalue weighted by Gasteiger charge is 2.38. The van der Waals surface area contributed by atoms with Crippen LogP contribution in [-0.2, 0) is 14.3 Å². The largest absolute Gasteiger partial charge is 0.480 e. The molecule has 2 aromatic carbocycles. The van der Waals surface area contributed by atoms with Crippen LogP contribution in [0.1, 0.15) is 58.1 Å². The summed E-state index contributed by atoms with van der Waals surface area (Å²) in [6.07, 6.45) is -0.364. The van der Waals surface area contributed by atoms with Crippen LogP contribution in [0.4, 0.5) is 4.79 Å². The van der Waals surface area contributed by atoms with Gasteiger partial charge in [-0.05, 0) is 48.4 Å². The van der Waals surface area contributed by atoms with E-state index in [1.54, 1.807) is 13.8 Å². The lowest BCUT2D eigenvalue weighted by Crippen LogP contribution is -2.57. The zero-order chi connectivity index (χ0) is 25.0. The van der Waals surface area contributed by atoms with Gasteiger partial charge in [-0.2, -0.15) is 0 Å². The van der Waals surface area contributed by atoms with E-state index in [4.69, 9.17) is 4.74 Å². The van der Waals surface area contributed by atoms with Crippen molar-refractivity contribution in [1.82, 2.24) is 10.6 Å². The molecule has 3 N–H and O–H groups in total. The first-order valence-electron chi connectivity index (χ1n) is 11.8. The normalized spacial score (nSPS) is 16.1. The van der Waals surface area contributed by atoms with E-state index in [1.807, 2.05) is 38.1 Å². The van der Waals surface area contributed by atoms with Gasteiger partial charge in [0, 0.05) is 12.0 Å². The van der Waals surface area contributed by atoms with E-state index in [2.05, 4.69) is 34.9 Å². The van der Waals surface area contributed by atoms with Crippen molar-refractivity contribution in [1.29, 1.82) is 0 Å². The number of ether oxygens (including phenoxy) is 1. The number of carbonyl (C=O) groups is 3. The molecule has 0 spiro atoms. The number of hydrogen-bond acceptors (Lipinski definition) is 4. The summed E-state index contributed by atoms with van der Waals surface area (Å²) >= 11 is 0. The van der Waals surface area contributed by atoms with Crippen LogP contribution in [0, 0.1) is 11.8 Å². The van der Waals surface area contributed by atoms with Crippen molar-refractivity contribution < 1.29 is 24.2 Å². The van der Waals surface area contributed by atoms with Gasteiger partial charge in [0.15, 0.2) is 0 Å². The molecule has 2 amide bonds. The number of amides is 2. The van der Waals surface area contributed by atoms with Crippen molar-refractivity contribution in [3.05, 3.63) is 59.7 Å². The summed E-state index contributed by atoms with van der Waals surface area (Å²) in [5.41, 5.74) is 3.17. The third kappa shape index (κ3) is 5.08. The van der Waals surface area contributed by atoms with Crippen LogP contribution < -0.4 is 10.6 Å². The lowest BCUT2D eigenvalue weighted by atomic mass is 9.87. The Bertz CT molecular complexity index is 1020. The summed E-state index contributed by atoms with van der Waals surface area (Å²) in [6.45, 7) is 8.83. The van der Waals surface area contributed by atoms with Gasteiger partial charge >= 0.3 is 12.1 Å². The van der Waals surface area contributed by atoms with Crippen LogP contribution in [0.25, 0.3) is 11.1 Å². The number of nitrogens with one attached hydrogen (secondary N) is 2. The first-order valence-corrected chi connectivity index (χ1v) is 11.8. The predicted molar refractivity (Wildman–Crippen MR) is 130 cm³/mol. The van der Waals surface area contributed by atoms with Crippen LogP contribution in [0.3, 0.4) is 0 Å². The molecule has 0 saturated heterocycles. The molecular formula is C27H34N2O5. The zero-order valence-corrected chi connectivity index (χ0v) is 20.4. The predicted octanol–water partition coefficient (Wildman–Crippen LogP) is 4.56. The smallest absolute Gasteiger partial charge is 0.407 e. The van der Waals surface area contributed by atoms with E-state index in [0.29, 0.717) is 0 Å². The standard InChI is InChI=1S/C27H34N2O5/c1-6-27(5,25(31)32)29-24(30)23(16(2)3)17(4)28-26(33)34-15-22-20-13-9-7-11-18(20)19-12-8-10-14-21(19)22/h7-14,16-17,22-23H,6,15H2,1-5H3,(H,28,33)(H,29,30)(H,31,32). The maximum Gasteiger partial charge on any atom is 0.407 e. The molecule has 3 rings (SSSR count). The number of alkyl carbamates (subject to hydrolysis) is 1. The molecule has 1 aliphatic carbocycles. The van der Waals surface area contributed by atoms with Gasteiger partial charge in [0.1, 0.15) is 12.1 Å². The molecule has 7 heteroatoms. The van der Waals surface area contributed by atoms with E-state index >= 15 is 0 Å². The molecule has 34 heavy (non-hydrogen) atoms. The van der Waals surface area contributed by atoms with E-state index in [0.717, 1.165) is 22.3 Å². The molecule has 0 bridgehead atoms. The Labute approximate surface area is 200 Å². The molecule has 3 atom stereocenters. The Morgan fingerprint density at radius 3 is 2.00 bits per heavy atom. The molecule has 1 aliphatic rings. The highest BCUT2D eigenvalue weighted by atomic mass is 16.5. The molecule has 0 heterocycles. The second-order valence-corrected chi connectivity index (χ2v) is 9.51. The van der Waals surface area contributed by atoms with Gasteiger partial charge in [0.05, 0.1) is 5.92 Å². The summed E-state index contributed by atoms with van der Waals surface area (Å²) < 4.78 is 5.60. The minimum absolute atomic E-state index is 0.0570. The molecule has 0 aromatic heterocycles. The quantitative estimate of drug-likeness (QED) is 0.503. The Morgan fingerprint density at radius 1 is 1.00 bits per heavy atom. The highest BCUT2D eigenvalue weighted by Crippen LogP contribution is 2.44. The number of aliphatic carboxylic acids is 1. The maximum atomic E-state index is 13.0. The first kappa shape index (κ1) is 25.3. The first-order chi connectivity index (χ1) is 16.1. The minimum atomic E-state index is -1.37. The van der Waals surface area contributed by atoms with E-state index in [-0.39, 0.29) is 24.9 Å². The Balaban J connectivity index is 1.66. The van der Waals surface area contributed by atoms with Crippen molar-refractivity contribution in [3.8, 4) is 11.1 Å². The lowest BCUT2D eigenvalue weighted by Gasteiger charge is -2.32. The fourth-order valence-corrected chi connectivity index (χ4v) is 4.67. The molecule has 182 valence electrons. The lowest BCUT2D eigenvalue weighted by molar-refractivity contribution is -0.148. The second kappa shape index (κ2) is 10.3. The SMILES string of the molecule is CCC(C)(NC(=O)C(C(C)C)C(C)NC(=O)OCC1c2ccccc2-c2ccccc21)C(=O)O. The zero-order valence-electron chi connectivity index (χ0n) is 20.4. The number of hydrogen-bond donors (Lipinski definition) is 3. The Hall–Kier alpha value is -3.35. The van der Waals surface area contributed by atoms with Crippen LogP contribution in [-0.4, -0.2) is 41.3 Å². The molecule has 0 radical (unpaired) electrons. The van der Waals surface area contributed by atoms with Gasteiger partial charge in [-0.15, -0.1) is 0 Å².